The van der Waals surface area contributed by atoms with Crippen LogP contribution in [-0.2, 0) is 27.2 Å². The summed E-state index contributed by atoms with van der Waals surface area (Å²) in [6.07, 6.45) is 6.17. The Labute approximate surface area is 231 Å². The number of benzene rings is 1. The van der Waals surface area contributed by atoms with Crippen LogP contribution in [0.4, 0.5) is 0 Å². The van der Waals surface area contributed by atoms with Crippen molar-refractivity contribution in [3.05, 3.63) is 33.9 Å². The molecule has 3 rings (SSSR count). The smallest absolute Gasteiger partial charge is 0.163 e. The van der Waals surface area contributed by atoms with Crippen LogP contribution in [-0.4, -0.2) is 40.3 Å². The van der Waals surface area contributed by atoms with Gasteiger partial charge in [0, 0.05) is 39.2 Å². The Kier molecular flexibility index (Phi) is 11.2. The van der Waals surface area contributed by atoms with Crippen LogP contribution in [0, 0.1) is 30.1 Å². The van der Waals surface area contributed by atoms with E-state index in [0.717, 1.165) is 41.5 Å². The van der Waals surface area contributed by atoms with Crippen molar-refractivity contribution >= 4 is 23.1 Å². The molecule has 0 aliphatic heterocycles. The molecule has 1 aromatic carbocycles. The number of aryl methyl sites for hydroxylation is 1. The van der Waals surface area contributed by atoms with Crippen LogP contribution >= 0.6 is 0 Å². The molecule has 3 unspecified atom stereocenters. The maximum atomic E-state index is 13.6. The molecule has 1 saturated carbocycles. The Bertz CT molecular complexity index is 1060. The van der Waals surface area contributed by atoms with Crippen molar-refractivity contribution in [2.24, 2.45) is 23.2 Å². The number of hydrogen-bond acceptors (Lipinski definition) is 5. The van der Waals surface area contributed by atoms with Crippen molar-refractivity contribution < 1.29 is 32.6 Å². The van der Waals surface area contributed by atoms with Crippen molar-refractivity contribution in [3.63, 3.8) is 0 Å². The van der Waals surface area contributed by atoms with E-state index in [1.165, 1.54) is 12.5 Å². The number of ketones is 4. The van der Waals surface area contributed by atoms with E-state index in [9.17, 15) is 24.3 Å². The molecule has 38 heavy (non-hydrogen) atoms. The van der Waals surface area contributed by atoms with Gasteiger partial charge in [-0.05, 0) is 98.8 Å². The first-order valence-corrected chi connectivity index (χ1v) is 14.3. The Balaban J connectivity index is 0.00000507. The summed E-state index contributed by atoms with van der Waals surface area (Å²) >= 11 is 0. The molecule has 0 saturated heterocycles. The highest BCUT2D eigenvalue weighted by Crippen LogP contribution is 2.47. The summed E-state index contributed by atoms with van der Waals surface area (Å²) in [6.45, 7) is 11.8. The summed E-state index contributed by atoms with van der Waals surface area (Å²) in [6, 6.07) is 2.23. The van der Waals surface area contributed by atoms with E-state index >= 15 is 0 Å². The molecule has 0 spiro atoms. The summed E-state index contributed by atoms with van der Waals surface area (Å²) in [4.78, 5) is 50.6. The number of rotatable bonds is 14. The fraction of sp³-hybridized carbons (Fsp3) is 0.688. The minimum Gasteiger partial charge on any atom is -0.412 e. The van der Waals surface area contributed by atoms with Gasteiger partial charge < -0.3 is 10.6 Å². The Morgan fingerprint density at radius 3 is 2.37 bits per heavy atom. The van der Waals surface area contributed by atoms with Crippen molar-refractivity contribution in [2.75, 3.05) is 6.61 Å². The molecule has 0 aromatic heterocycles. The third-order valence-electron chi connectivity index (χ3n) is 8.98. The zero-order chi connectivity index (χ0) is 27.5. The molecule has 0 heterocycles. The van der Waals surface area contributed by atoms with Gasteiger partial charge in [-0.1, -0.05) is 33.8 Å². The number of carbonyl (C=O) groups is 4. The molecule has 1 aromatic rings. The van der Waals surface area contributed by atoms with E-state index in [4.69, 9.17) is 0 Å². The molecule has 2 aliphatic rings. The monoisotopic (exact) mass is 532 g/mol. The first-order chi connectivity index (χ1) is 17.4. The summed E-state index contributed by atoms with van der Waals surface area (Å²) in [5, 5.41) is 9.74. The average Bonchev–Trinajstić information content (AvgIpc) is 3.56. The first-order valence-electron chi connectivity index (χ1n) is 14.3. The van der Waals surface area contributed by atoms with Crippen molar-refractivity contribution in [3.8, 4) is 0 Å². The summed E-state index contributed by atoms with van der Waals surface area (Å²) in [5.74, 6) is 0.356. The Hall–Kier alpha value is -2.18. The molecule has 0 bridgehead atoms. The third kappa shape index (κ3) is 7.26. The molecule has 1 fully saturated rings. The minimum absolute atomic E-state index is 0. The van der Waals surface area contributed by atoms with Gasteiger partial charge in [0.25, 0.3) is 0 Å². The molecule has 6 heteroatoms. The van der Waals surface area contributed by atoms with E-state index in [2.05, 4.69) is 26.8 Å². The standard InChI is InChI=1S/C32H46O5.H2O.2H2/c1-7-25(28(35)14-20(4)34)24(10-13-33)15-22-16-27-26(19(2)3)18-23(21(5)31(27)29(36)17-22)8-9-30(37)32(6)11-12-32;;;/h18-19,22,24-25,33H,7-17H2,1-6H3;1H2;2*1H. The fourth-order valence-electron chi connectivity index (χ4n) is 6.47. The first kappa shape index (κ1) is 32.0. The molecule has 216 valence electrons. The van der Waals surface area contributed by atoms with Crippen LogP contribution < -0.4 is 0 Å². The second kappa shape index (κ2) is 13.3. The van der Waals surface area contributed by atoms with Gasteiger partial charge in [0.1, 0.15) is 17.3 Å². The van der Waals surface area contributed by atoms with Gasteiger partial charge in [-0.15, -0.1) is 0 Å². The highest BCUT2D eigenvalue weighted by molar-refractivity contribution is 6.01. The zero-order valence-electron chi connectivity index (χ0n) is 24.2. The number of aliphatic hydroxyl groups excluding tert-OH is 1. The van der Waals surface area contributed by atoms with E-state index in [1.54, 1.807) is 0 Å². The molecule has 2 aliphatic carbocycles. The number of hydrogen-bond donors (Lipinski definition) is 1. The molecule has 6 nitrogen and oxygen atoms in total. The average molecular weight is 533 g/mol. The third-order valence-corrected chi connectivity index (χ3v) is 8.98. The lowest BCUT2D eigenvalue weighted by Gasteiger charge is -2.33. The molecule has 3 atom stereocenters. The lowest BCUT2D eigenvalue weighted by atomic mass is 9.70. The van der Waals surface area contributed by atoms with Crippen molar-refractivity contribution in [1.29, 1.82) is 0 Å². The zero-order valence-corrected chi connectivity index (χ0v) is 24.2. The quantitative estimate of drug-likeness (QED) is 0.304. The molecule has 0 amide bonds. The van der Waals surface area contributed by atoms with E-state index in [1.807, 2.05) is 13.8 Å². The van der Waals surface area contributed by atoms with Crippen LogP contribution in [0.5, 0.6) is 0 Å². The molecule has 3 N–H and O–H groups in total. The van der Waals surface area contributed by atoms with E-state index in [-0.39, 0.29) is 67.8 Å². The van der Waals surface area contributed by atoms with E-state index in [0.29, 0.717) is 44.3 Å². The lowest BCUT2D eigenvalue weighted by molar-refractivity contribution is -0.130. The van der Waals surface area contributed by atoms with Gasteiger partial charge >= 0.3 is 0 Å². The summed E-state index contributed by atoms with van der Waals surface area (Å²) in [7, 11) is 0. The maximum Gasteiger partial charge on any atom is 0.163 e. The second-order valence-corrected chi connectivity index (χ2v) is 12.3. The van der Waals surface area contributed by atoms with Crippen LogP contribution in [0.15, 0.2) is 6.07 Å². The Morgan fingerprint density at radius 2 is 1.84 bits per heavy atom. The van der Waals surface area contributed by atoms with Crippen LogP contribution in [0.3, 0.4) is 0 Å². The second-order valence-electron chi connectivity index (χ2n) is 12.3. The number of aliphatic hydroxyl groups is 1. The van der Waals surface area contributed by atoms with E-state index < -0.39 is 0 Å². The predicted octanol–water partition coefficient (Wildman–Crippen LogP) is 5.80. The maximum absolute atomic E-state index is 13.6. The van der Waals surface area contributed by atoms with Gasteiger partial charge in [0.15, 0.2) is 5.78 Å². The van der Waals surface area contributed by atoms with Gasteiger partial charge in [0.05, 0.1) is 6.42 Å². The van der Waals surface area contributed by atoms with Gasteiger partial charge in [-0.25, -0.2) is 0 Å². The summed E-state index contributed by atoms with van der Waals surface area (Å²) < 4.78 is 0. The molecular formula is C32H52O6. The number of Topliss-reactive ketones (excluding diaryl/α,β-unsaturated/α-hetero) is 4. The molecule has 0 radical (unpaired) electrons. The number of carbonyl (C=O) groups excluding carboxylic acids is 4. The van der Waals surface area contributed by atoms with Gasteiger partial charge in [0.2, 0.25) is 0 Å². The SMILES string of the molecule is CCC(C(=O)CC(C)=O)C(CCO)CC1CC(=O)c2c(C)c(CCC(=O)C3(C)CC3)cc(C(C)C)c2C1.O.[HH].[HH]. The topological polar surface area (TPSA) is 120 Å². The van der Waals surface area contributed by atoms with Gasteiger partial charge in [-0.3, -0.25) is 19.2 Å². The number of fused-ring (bicyclic) bond motifs is 1. The predicted molar refractivity (Wildman–Crippen MR) is 154 cm³/mol. The Morgan fingerprint density at radius 1 is 1.18 bits per heavy atom. The molecular weight excluding hydrogens is 480 g/mol. The normalized spacial score (nSPS) is 19.4. The minimum atomic E-state index is -0.271. The largest absolute Gasteiger partial charge is 0.412 e. The lowest BCUT2D eigenvalue weighted by Crippen LogP contribution is -2.31. The highest BCUT2D eigenvalue weighted by Gasteiger charge is 2.44. The van der Waals surface area contributed by atoms with Gasteiger partial charge in [-0.2, -0.15) is 0 Å². The van der Waals surface area contributed by atoms with Crippen LogP contribution in [0.2, 0.25) is 0 Å². The summed E-state index contributed by atoms with van der Waals surface area (Å²) in [5.41, 5.74) is 5.18. The van der Waals surface area contributed by atoms with Crippen LogP contribution in [0.1, 0.15) is 127 Å². The fourth-order valence-corrected chi connectivity index (χ4v) is 6.47. The van der Waals surface area contributed by atoms with Crippen molar-refractivity contribution in [1.82, 2.24) is 0 Å². The highest BCUT2D eigenvalue weighted by atomic mass is 16.3. The van der Waals surface area contributed by atoms with Crippen LogP contribution in [0.25, 0.3) is 0 Å². The van der Waals surface area contributed by atoms with Crippen molar-refractivity contribution in [2.45, 2.75) is 112 Å².